The molecule has 1 aliphatic heterocycles. The average molecular weight is 446 g/mol. The number of fused-ring (bicyclic) bond motifs is 7. The van der Waals surface area contributed by atoms with Gasteiger partial charge in [-0.3, -0.25) is 9.59 Å². The van der Waals surface area contributed by atoms with Gasteiger partial charge in [0.1, 0.15) is 12.3 Å². The topological polar surface area (TPSA) is 129 Å². The molecular formula is C23H27FN2O6. The molecule has 5 aliphatic rings. The van der Waals surface area contributed by atoms with Gasteiger partial charge >= 0.3 is 0 Å². The maximum atomic E-state index is 17.2. The van der Waals surface area contributed by atoms with Crippen LogP contribution >= 0.6 is 0 Å². The number of halogens is 1. The number of aliphatic hydroxyl groups excluding tert-OH is 2. The lowest BCUT2D eigenvalue weighted by atomic mass is 9.44. The lowest BCUT2D eigenvalue weighted by molar-refractivity contribution is -0.225. The monoisotopic (exact) mass is 446 g/mol. The van der Waals surface area contributed by atoms with Gasteiger partial charge in [-0.1, -0.05) is 28.9 Å². The van der Waals surface area contributed by atoms with Gasteiger partial charge in [-0.2, -0.15) is 0 Å². The second-order valence-electron chi connectivity index (χ2n) is 10.2. The lowest BCUT2D eigenvalue weighted by Gasteiger charge is -2.62. The minimum absolute atomic E-state index is 0.0728. The summed E-state index contributed by atoms with van der Waals surface area (Å²) >= 11 is 0. The van der Waals surface area contributed by atoms with Gasteiger partial charge in [0.05, 0.1) is 18.2 Å². The molecule has 32 heavy (non-hydrogen) atoms. The molecule has 9 heteroatoms. The zero-order chi connectivity index (χ0) is 23.1. The van der Waals surface area contributed by atoms with Gasteiger partial charge in [0, 0.05) is 16.7 Å². The van der Waals surface area contributed by atoms with Crippen molar-refractivity contribution in [2.24, 2.45) is 38.9 Å². The van der Waals surface area contributed by atoms with Crippen LogP contribution in [0.3, 0.4) is 0 Å². The first kappa shape index (κ1) is 21.5. The molecular weight excluding hydrogens is 419 g/mol. The summed E-state index contributed by atoms with van der Waals surface area (Å²) in [6.45, 7) is 2.75. The third kappa shape index (κ3) is 2.18. The minimum atomic E-state index is -2.04. The molecule has 0 bridgehead atoms. The number of Topliss-reactive ketones (excluding diaryl/α,β-unsaturated/α-hetero) is 1. The number of nitrogens with zero attached hydrogens (tertiary/aromatic N) is 2. The van der Waals surface area contributed by atoms with Crippen LogP contribution < -0.4 is 0 Å². The van der Waals surface area contributed by atoms with Crippen LogP contribution in [0, 0.1) is 28.6 Å². The van der Waals surface area contributed by atoms with Crippen LogP contribution in [0.4, 0.5) is 4.39 Å². The van der Waals surface area contributed by atoms with E-state index in [0.717, 1.165) is 6.21 Å². The molecule has 0 aromatic carbocycles. The Morgan fingerprint density at radius 3 is 2.84 bits per heavy atom. The number of hydrogen-bond donors (Lipinski definition) is 3. The Balaban J connectivity index is 1.65. The van der Waals surface area contributed by atoms with Crippen molar-refractivity contribution in [1.29, 1.82) is 0 Å². The molecule has 5 rings (SSSR count). The molecule has 8 atom stereocenters. The van der Waals surface area contributed by atoms with E-state index in [4.69, 9.17) is 10.0 Å². The first-order valence-corrected chi connectivity index (χ1v) is 11.0. The lowest BCUT2D eigenvalue weighted by Crippen LogP contribution is -2.69. The van der Waals surface area contributed by atoms with Crippen LogP contribution in [-0.2, 0) is 14.4 Å². The molecule has 0 aromatic heterocycles. The Kier molecular flexibility index (Phi) is 4.41. The molecule has 0 radical (unpaired) electrons. The smallest absolute Gasteiger partial charge is 0.211 e. The SMILES string of the molecule is C[C@]12C=CC(=O)C=C1CC[C@H]1[C@@H]3C[C@H]4C(/C=N\O)=NO[C@@]4(C(=O)CO)[C@@]3(C)CC(O)[C@@]12F. The zero-order valence-corrected chi connectivity index (χ0v) is 18.0. The van der Waals surface area contributed by atoms with Crippen molar-refractivity contribution in [1.82, 2.24) is 0 Å². The van der Waals surface area contributed by atoms with Crippen LogP contribution in [0.1, 0.15) is 39.5 Å². The van der Waals surface area contributed by atoms with Gasteiger partial charge in [0.15, 0.2) is 11.5 Å². The summed E-state index contributed by atoms with van der Waals surface area (Å²) in [7, 11) is 0. The highest BCUT2D eigenvalue weighted by molar-refractivity contribution is 6.33. The van der Waals surface area contributed by atoms with Gasteiger partial charge in [-0.25, -0.2) is 4.39 Å². The van der Waals surface area contributed by atoms with E-state index in [-0.39, 0.29) is 23.8 Å². The van der Waals surface area contributed by atoms with Gasteiger partial charge in [0.2, 0.25) is 11.4 Å². The van der Waals surface area contributed by atoms with Crippen LogP contribution in [0.2, 0.25) is 0 Å². The van der Waals surface area contributed by atoms with Crippen molar-refractivity contribution < 1.29 is 34.2 Å². The first-order valence-electron chi connectivity index (χ1n) is 11.0. The third-order valence-electron chi connectivity index (χ3n) is 9.26. The van der Waals surface area contributed by atoms with Crippen molar-refractivity contribution in [2.75, 3.05) is 6.61 Å². The van der Waals surface area contributed by atoms with E-state index in [9.17, 15) is 19.8 Å². The van der Waals surface area contributed by atoms with E-state index in [1.165, 1.54) is 12.2 Å². The number of carbonyl (C=O) groups is 2. The number of ketones is 2. The van der Waals surface area contributed by atoms with Crippen LogP contribution in [0.5, 0.6) is 0 Å². The molecule has 3 fully saturated rings. The summed E-state index contributed by atoms with van der Waals surface area (Å²) in [5.74, 6) is -2.37. The molecule has 0 amide bonds. The highest BCUT2D eigenvalue weighted by Crippen LogP contribution is 2.72. The maximum Gasteiger partial charge on any atom is 0.211 e. The van der Waals surface area contributed by atoms with E-state index >= 15 is 4.39 Å². The van der Waals surface area contributed by atoms with Gasteiger partial charge in [-0.05, 0) is 50.7 Å². The van der Waals surface area contributed by atoms with Crippen molar-refractivity contribution in [3.05, 3.63) is 23.8 Å². The Labute approximate surface area is 184 Å². The van der Waals surface area contributed by atoms with E-state index in [1.54, 1.807) is 19.9 Å². The Bertz CT molecular complexity index is 1020. The highest BCUT2D eigenvalue weighted by atomic mass is 19.1. The molecule has 4 aliphatic carbocycles. The number of rotatable bonds is 3. The molecule has 1 heterocycles. The third-order valence-corrected chi connectivity index (χ3v) is 9.26. The summed E-state index contributed by atoms with van der Waals surface area (Å²) in [6.07, 6.45) is 5.28. The van der Waals surface area contributed by atoms with Gasteiger partial charge in [-0.15, -0.1) is 0 Å². The Hall–Kier alpha value is -2.39. The fraction of sp³-hybridized carbons (Fsp3) is 0.652. The molecule has 0 saturated heterocycles. The summed E-state index contributed by atoms with van der Waals surface area (Å²) in [5, 5.41) is 37.2. The summed E-state index contributed by atoms with van der Waals surface area (Å²) in [6, 6.07) is 0. The number of alkyl halides is 1. The second-order valence-corrected chi connectivity index (χ2v) is 10.2. The summed E-state index contributed by atoms with van der Waals surface area (Å²) < 4.78 is 17.2. The van der Waals surface area contributed by atoms with E-state index < -0.39 is 52.4 Å². The van der Waals surface area contributed by atoms with Crippen molar-refractivity contribution >= 4 is 23.5 Å². The van der Waals surface area contributed by atoms with Crippen LogP contribution in [0.15, 0.2) is 34.1 Å². The molecule has 1 unspecified atom stereocenters. The zero-order valence-electron chi connectivity index (χ0n) is 18.0. The number of allylic oxidation sites excluding steroid dienone is 4. The molecule has 0 aromatic rings. The summed E-state index contributed by atoms with van der Waals surface area (Å²) in [5.41, 5.74) is -4.81. The fourth-order valence-corrected chi connectivity index (χ4v) is 7.78. The molecule has 3 N–H and O–H groups in total. The quantitative estimate of drug-likeness (QED) is 0.344. The fourth-order valence-electron chi connectivity index (χ4n) is 7.78. The Morgan fingerprint density at radius 2 is 2.16 bits per heavy atom. The van der Waals surface area contributed by atoms with E-state index in [0.29, 0.717) is 24.8 Å². The Morgan fingerprint density at radius 1 is 1.41 bits per heavy atom. The van der Waals surface area contributed by atoms with Gasteiger partial charge in [0.25, 0.3) is 0 Å². The number of hydrogen-bond acceptors (Lipinski definition) is 8. The number of aliphatic hydroxyl groups is 2. The average Bonchev–Trinajstić information content (AvgIpc) is 3.24. The van der Waals surface area contributed by atoms with E-state index in [1.807, 2.05) is 0 Å². The maximum absolute atomic E-state index is 17.2. The van der Waals surface area contributed by atoms with E-state index in [2.05, 4.69) is 10.3 Å². The molecule has 8 nitrogen and oxygen atoms in total. The molecule has 172 valence electrons. The highest BCUT2D eigenvalue weighted by Gasteiger charge is 2.79. The number of carbonyl (C=O) groups excluding carboxylic acids is 2. The molecule has 3 saturated carbocycles. The minimum Gasteiger partial charge on any atom is -0.411 e. The largest absolute Gasteiger partial charge is 0.411 e. The second kappa shape index (κ2) is 6.57. The van der Waals surface area contributed by atoms with Gasteiger partial charge < -0.3 is 20.3 Å². The van der Waals surface area contributed by atoms with Crippen molar-refractivity contribution in [3.8, 4) is 0 Å². The standard InChI is InChI=1S/C23H27FN2O6/c1-20-6-5-13(28)7-12(20)3-4-14-15-8-16-17(10-25-31)26-32-23(16,19(30)11-27)21(15,2)9-18(29)22(14,20)24/h5-7,10,14-16,18,27,29,31H,3-4,8-9,11H2,1-2H3/b25-10-/t14-,15-,16-,18?,20-,21-,22-,23-/m0/s1. The van der Waals surface area contributed by atoms with Crippen LogP contribution in [0.25, 0.3) is 0 Å². The normalized spacial score (nSPS) is 49.0. The van der Waals surface area contributed by atoms with Crippen molar-refractivity contribution in [2.45, 2.75) is 56.9 Å². The predicted molar refractivity (Wildman–Crippen MR) is 111 cm³/mol. The van der Waals surface area contributed by atoms with Crippen molar-refractivity contribution in [3.63, 3.8) is 0 Å². The van der Waals surface area contributed by atoms with Crippen LogP contribution in [-0.4, -0.2) is 62.9 Å². The predicted octanol–water partition coefficient (Wildman–Crippen LogP) is 1.73. The first-order chi connectivity index (χ1) is 15.1. The number of oxime groups is 2. The summed E-state index contributed by atoms with van der Waals surface area (Å²) in [4.78, 5) is 30.8. The molecule has 0 spiro atoms.